The highest BCUT2D eigenvalue weighted by atomic mass is 14.8. The zero-order chi connectivity index (χ0) is 14.4. The van der Waals surface area contributed by atoms with Gasteiger partial charge in [-0.3, -0.25) is 0 Å². The monoisotopic (exact) mass is 267 g/mol. The minimum absolute atomic E-state index is 0.403. The number of unbranched alkanes of at least 4 members (excludes halogenated alkanes) is 1. The van der Waals surface area contributed by atoms with E-state index in [1.807, 2.05) is 7.05 Å². The molecule has 1 unspecified atom stereocenters. The molecule has 1 nitrogen and oxygen atoms in total. The summed E-state index contributed by atoms with van der Waals surface area (Å²) in [6.07, 6.45) is 3.72. The van der Waals surface area contributed by atoms with Gasteiger partial charge in [0.05, 0.1) is 0 Å². The highest BCUT2D eigenvalue weighted by Crippen LogP contribution is 2.22. The second-order valence-corrected chi connectivity index (χ2v) is 5.43. The molecule has 0 heterocycles. The van der Waals surface area contributed by atoms with Crippen molar-refractivity contribution in [1.29, 1.82) is 0 Å². The molecule has 106 valence electrons. The third kappa shape index (κ3) is 3.71. The second kappa shape index (κ2) is 7.25. The summed E-state index contributed by atoms with van der Waals surface area (Å²) in [5.74, 6) is 0. The first-order chi connectivity index (χ1) is 9.74. The fraction of sp³-hybridized carbons (Fsp3) is 0.368. The molecule has 2 rings (SSSR count). The SMILES string of the molecule is CCCCc1ccc(-c2ccc(C(C)NC)cc2)cc1. The molecule has 0 bridgehead atoms. The molecule has 0 aliphatic heterocycles. The van der Waals surface area contributed by atoms with Crippen LogP contribution < -0.4 is 5.32 Å². The number of hydrogen-bond acceptors (Lipinski definition) is 1. The molecule has 1 N–H and O–H groups in total. The maximum Gasteiger partial charge on any atom is 0.0289 e. The van der Waals surface area contributed by atoms with Crippen LogP contribution in [0.25, 0.3) is 11.1 Å². The highest BCUT2D eigenvalue weighted by Gasteiger charge is 2.03. The average molecular weight is 267 g/mol. The first-order valence-corrected chi connectivity index (χ1v) is 7.61. The predicted molar refractivity (Wildman–Crippen MR) is 88.0 cm³/mol. The second-order valence-electron chi connectivity index (χ2n) is 5.43. The van der Waals surface area contributed by atoms with E-state index in [0.29, 0.717) is 6.04 Å². The predicted octanol–water partition coefficient (Wildman–Crippen LogP) is 4.98. The Labute approximate surface area is 123 Å². The lowest BCUT2D eigenvalue weighted by Gasteiger charge is -2.11. The van der Waals surface area contributed by atoms with Gasteiger partial charge in [-0.15, -0.1) is 0 Å². The summed E-state index contributed by atoms with van der Waals surface area (Å²) in [6, 6.07) is 18.2. The van der Waals surface area contributed by atoms with Gasteiger partial charge in [-0.25, -0.2) is 0 Å². The summed E-state index contributed by atoms with van der Waals surface area (Å²) in [5.41, 5.74) is 5.36. The van der Waals surface area contributed by atoms with E-state index in [1.165, 1.54) is 41.5 Å². The van der Waals surface area contributed by atoms with E-state index in [2.05, 4.69) is 67.7 Å². The van der Waals surface area contributed by atoms with Crippen molar-refractivity contribution in [3.63, 3.8) is 0 Å². The van der Waals surface area contributed by atoms with Crippen molar-refractivity contribution in [3.05, 3.63) is 59.7 Å². The fourth-order valence-corrected chi connectivity index (χ4v) is 2.38. The van der Waals surface area contributed by atoms with Crippen LogP contribution in [0.4, 0.5) is 0 Å². The molecule has 0 saturated heterocycles. The van der Waals surface area contributed by atoms with Crippen LogP contribution in [0.3, 0.4) is 0 Å². The fourth-order valence-electron chi connectivity index (χ4n) is 2.38. The molecule has 2 aromatic carbocycles. The van der Waals surface area contributed by atoms with E-state index < -0.39 is 0 Å². The molecule has 0 aromatic heterocycles. The van der Waals surface area contributed by atoms with Crippen molar-refractivity contribution in [3.8, 4) is 11.1 Å². The van der Waals surface area contributed by atoms with Crippen molar-refractivity contribution in [1.82, 2.24) is 5.32 Å². The van der Waals surface area contributed by atoms with Crippen molar-refractivity contribution >= 4 is 0 Å². The Hall–Kier alpha value is -1.60. The molecule has 20 heavy (non-hydrogen) atoms. The van der Waals surface area contributed by atoms with Crippen LogP contribution in [0.15, 0.2) is 48.5 Å². The third-order valence-electron chi connectivity index (χ3n) is 3.95. The van der Waals surface area contributed by atoms with Crippen LogP contribution in [0, 0.1) is 0 Å². The topological polar surface area (TPSA) is 12.0 Å². The van der Waals surface area contributed by atoms with Crippen LogP contribution in [-0.4, -0.2) is 7.05 Å². The lowest BCUT2D eigenvalue weighted by atomic mass is 9.99. The minimum atomic E-state index is 0.403. The van der Waals surface area contributed by atoms with E-state index in [1.54, 1.807) is 0 Å². The van der Waals surface area contributed by atoms with Crippen molar-refractivity contribution < 1.29 is 0 Å². The smallest absolute Gasteiger partial charge is 0.0289 e. The van der Waals surface area contributed by atoms with Gasteiger partial charge < -0.3 is 5.32 Å². The Balaban J connectivity index is 2.11. The maximum absolute atomic E-state index is 3.27. The van der Waals surface area contributed by atoms with Gasteiger partial charge in [0.15, 0.2) is 0 Å². The summed E-state index contributed by atoms with van der Waals surface area (Å²) < 4.78 is 0. The molecule has 0 aliphatic carbocycles. The number of hydrogen-bond donors (Lipinski definition) is 1. The van der Waals surface area contributed by atoms with Crippen LogP contribution in [0.2, 0.25) is 0 Å². The van der Waals surface area contributed by atoms with Crippen LogP contribution >= 0.6 is 0 Å². The van der Waals surface area contributed by atoms with Crippen LogP contribution in [-0.2, 0) is 6.42 Å². The van der Waals surface area contributed by atoms with Gasteiger partial charge in [-0.1, -0.05) is 61.9 Å². The van der Waals surface area contributed by atoms with Crippen molar-refractivity contribution in [2.45, 2.75) is 39.2 Å². The number of nitrogens with one attached hydrogen (secondary N) is 1. The van der Waals surface area contributed by atoms with Crippen LogP contribution in [0.1, 0.15) is 43.9 Å². The van der Waals surface area contributed by atoms with Gasteiger partial charge in [0, 0.05) is 6.04 Å². The lowest BCUT2D eigenvalue weighted by molar-refractivity contribution is 0.652. The van der Waals surface area contributed by atoms with Crippen LogP contribution in [0.5, 0.6) is 0 Å². The molecule has 0 amide bonds. The van der Waals surface area contributed by atoms with E-state index in [0.717, 1.165) is 0 Å². The maximum atomic E-state index is 3.27. The summed E-state index contributed by atoms with van der Waals surface area (Å²) >= 11 is 0. The first-order valence-electron chi connectivity index (χ1n) is 7.61. The highest BCUT2D eigenvalue weighted by molar-refractivity contribution is 5.64. The van der Waals surface area contributed by atoms with E-state index in [9.17, 15) is 0 Å². The standard InChI is InChI=1S/C19H25N/c1-4-5-6-16-7-9-18(10-8-16)19-13-11-17(12-14-19)15(2)20-3/h7-15,20H,4-6H2,1-3H3. The Morgan fingerprint density at radius 2 is 1.45 bits per heavy atom. The van der Waals surface area contributed by atoms with Gasteiger partial charge in [0.25, 0.3) is 0 Å². The summed E-state index contributed by atoms with van der Waals surface area (Å²) in [5, 5.41) is 3.27. The molecule has 0 fully saturated rings. The minimum Gasteiger partial charge on any atom is -0.313 e. The molecule has 0 radical (unpaired) electrons. The zero-order valence-electron chi connectivity index (χ0n) is 12.8. The normalized spacial score (nSPS) is 12.3. The number of rotatable bonds is 6. The molecule has 2 aromatic rings. The molecule has 0 aliphatic rings. The summed E-state index contributed by atoms with van der Waals surface area (Å²) in [7, 11) is 1.99. The van der Waals surface area contributed by atoms with Gasteiger partial charge in [0.1, 0.15) is 0 Å². The van der Waals surface area contributed by atoms with E-state index in [-0.39, 0.29) is 0 Å². The first kappa shape index (κ1) is 14.8. The molecule has 1 heteroatoms. The van der Waals surface area contributed by atoms with Crippen molar-refractivity contribution in [2.75, 3.05) is 7.05 Å². The molecule has 0 spiro atoms. The summed E-state index contributed by atoms with van der Waals surface area (Å²) in [6.45, 7) is 4.42. The van der Waals surface area contributed by atoms with Gasteiger partial charge in [-0.05, 0) is 49.1 Å². The largest absolute Gasteiger partial charge is 0.313 e. The van der Waals surface area contributed by atoms with Crippen molar-refractivity contribution in [2.24, 2.45) is 0 Å². The average Bonchev–Trinajstić information content (AvgIpc) is 2.53. The third-order valence-corrected chi connectivity index (χ3v) is 3.95. The number of aryl methyl sites for hydroxylation is 1. The molecular weight excluding hydrogens is 242 g/mol. The number of benzene rings is 2. The Morgan fingerprint density at radius 1 is 0.900 bits per heavy atom. The Bertz CT molecular complexity index is 510. The van der Waals surface area contributed by atoms with Gasteiger partial charge >= 0.3 is 0 Å². The van der Waals surface area contributed by atoms with Gasteiger partial charge in [-0.2, -0.15) is 0 Å². The Morgan fingerprint density at radius 3 is 1.95 bits per heavy atom. The molecule has 1 atom stereocenters. The molecule has 0 saturated carbocycles. The lowest BCUT2D eigenvalue weighted by Crippen LogP contribution is -2.11. The quantitative estimate of drug-likeness (QED) is 0.778. The van der Waals surface area contributed by atoms with E-state index in [4.69, 9.17) is 0 Å². The van der Waals surface area contributed by atoms with E-state index >= 15 is 0 Å². The molecular formula is C19H25N. The zero-order valence-corrected chi connectivity index (χ0v) is 12.8. The Kier molecular flexibility index (Phi) is 5.37. The van der Waals surface area contributed by atoms with Gasteiger partial charge in [0.2, 0.25) is 0 Å². The summed E-state index contributed by atoms with van der Waals surface area (Å²) in [4.78, 5) is 0.